The molecule has 0 fully saturated rings. The van der Waals surface area contributed by atoms with Gasteiger partial charge in [0.25, 0.3) is 5.56 Å². The summed E-state index contributed by atoms with van der Waals surface area (Å²) in [6.07, 6.45) is 0.709. The molecule has 1 aromatic heterocycles. The summed E-state index contributed by atoms with van der Waals surface area (Å²) in [5, 5.41) is 10.5. The molecule has 0 aliphatic rings. The van der Waals surface area contributed by atoms with Gasteiger partial charge in [-0.05, 0) is 39.7 Å². The number of hydrogen-bond acceptors (Lipinski definition) is 2. The maximum absolute atomic E-state index is 13.0. The third-order valence-electron chi connectivity index (χ3n) is 3.78. The van der Waals surface area contributed by atoms with Crippen LogP contribution < -0.4 is 5.56 Å². The molecule has 0 amide bonds. The largest absolute Gasteiger partial charge is 0.507 e. The first-order valence-electron chi connectivity index (χ1n) is 7.32. The van der Waals surface area contributed by atoms with E-state index >= 15 is 0 Å². The van der Waals surface area contributed by atoms with Crippen LogP contribution in [0.25, 0.3) is 11.1 Å². The SMILES string of the molecule is CCc1c(C)c(O)c(-c2ccccc2)c(=O)n1C(C)(C)C. The van der Waals surface area contributed by atoms with Gasteiger partial charge in [0.15, 0.2) is 0 Å². The first-order valence-corrected chi connectivity index (χ1v) is 7.32. The number of pyridine rings is 1. The summed E-state index contributed by atoms with van der Waals surface area (Å²) in [5.41, 5.74) is 2.36. The predicted molar refractivity (Wildman–Crippen MR) is 86.9 cm³/mol. The second-order valence-electron chi connectivity index (χ2n) is 6.33. The smallest absolute Gasteiger partial charge is 0.262 e. The highest BCUT2D eigenvalue weighted by Crippen LogP contribution is 2.32. The Labute approximate surface area is 125 Å². The van der Waals surface area contributed by atoms with Gasteiger partial charge in [-0.25, -0.2) is 0 Å². The molecule has 1 aromatic carbocycles. The van der Waals surface area contributed by atoms with Crippen LogP contribution in [0.5, 0.6) is 5.75 Å². The third kappa shape index (κ3) is 2.60. The molecule has 2 aromatic rings. The van der Waals surface area contributed by atoms with Crippen LogP contribution >= 0.6 is 0 Å². The zero-order valence-electron chi connectivity index (χ0n) is 13.4. The van der Waals surface area contributed by atoms with Crippen molar-refractivity contribution in [2.75, 3.05) is 0 Å². The maximum atomic E-state index is 13.0. The summed E-state index contributed by atoms with van der Waals surface area (Å²) >= 11 is 0. The lowest BCUT2D eigenvalue weighted by Gasteiger charge is -2.28. The van der Waals surface area contributed by atoms with Gasteiger partial charge in [0, 0.05) is 16.8 Å². The molecule has 1 heterocycles. The highest BCUT2D eigenvalue weighted by Gasteiger charge is 2.25. The van der Waals surface area contributed by atoms with Gasteiger partial charge in [0.2, 0.25) is 0 Å². The van der Waals surface area contributed by atoms with Crippen molar-refractivity contribution in [2.24, 2.45) is 0 Å². The highest BCUT2D eigenvalue weighted by molar-refractivity contribution is 5.71. The molecule has 112 valence electrons. The van der Waals surface area contributed by atoms with Gasteiger partial charge < -0.3 is 9.67 Å². The third-order valence-corrected chi connectivity index (χ3v) is 3.78. The molecule has 0 spiro atoms. The Morgan fingerprint density at radius 1 is 1.14 bits per heavy atom. The number of aromatic nitrogens is 1. The summed E-state index contributed by atoms with van der Waals surface area (Å²) < 4.78 is 1.81. The van der Waals surface area contributed by atoms with Crippen molar-refractivity contribution >= 4 is 0 Å². The quantitative estimate of drug-likeness (QED) is 0.910. The van der Waals surface area contributed by atoms with Crippen LogP contribution in [0.2, 0.25) is 0 Å². The highest BCUT2D eigenvalue weighted by atomic mass is 16.3. The van der Waals surface area contributed by atoms with E-state index in [1.54, 1.807) is 0 Å². The van der Waals surface area contributed by atoms with Gasteiger partial charge in [-0.3, -0.25) is 4.79 Å². The van der Waals surface area contributed by atoms with Gasteiger partial charge in [-0.1, -0.05) is 37.3 Å². The Kier molecular flexibility index (Phi) is 3.95. The van der Waals surface area contributed by atoms with E-state index in [-0.39, 0.29) is 16.8 Å². The van der Waals surface area contributed by atoms with E-state index in [2.05, 4.69) is 0 Å². The Bertz CT molecular complexity index is 707. The number of aromatic hydroxyl groups is 1. The fraction of sp³-hybridized carbons (Fsp3) is 0.389. The summed E-state index contributed by atoms with van der Waals surface area (Å²) in [5.74, 6) is 0.101. The number of nitrogens with zero attached hydrogens (tertiary/aromatic N) is 1. The number of benzene rings is 1. The topological polar surface area (TPSA) is 42.2 Å². The first-order chi connectivity index (χ1) is 9.79. The molecule has 0 unspecified atom stereocenters. The van der Waals surface area contributed by atoms with Crippen LogP contribution in [-0.4, -0.2) is 9.67 Å². The van der Waals surface area contributed by atoms with E-state index in [0.717, 1.165) is 16.8 Å². The van der Waals surface area contributed by atoms with E-state index in [1.165, 1.54) is 0 Å². The molecular formula is C18H23NO2. The lowest BCUT2D eigenvalue weighted by atomic mass is 9.98. The van der Waals surface area contributed by atoms with E-state index in [1.807, 2.05) is 69.5 Å². The van der Waals surface area contributed by atoms with Crippen LogP contribution in [0.15, 0.2) is 35.1 Å². The number of hydrogen-bond donors (Lipinski definition) is 1. The van der Waals surface area contributed by atoms with E-state index in [0.29, 0.717) is 12.0 Å². The van der Waals surface area contributed by atoms with Crippen molar-refractivity contribution in [1.82, 2.24) is 4.57 Å². The Balaban J connectivity index is 2.93. The standard InChI is InChI=1S/C18H23NO2/c1-6-14-12(2)16(20)15(13-10-8-7-9-11-13)17(21)19(14)18(3,4)5/h7-11,20H,6H2,1-5H3. The van der Waals surface area contributed by atoms with E-state index in [9.17, 15) is 9.90 Å². The van der Waals surface area contributed by atoms with Crippen molar-refractivity contribution in [3.63, 3.8) is 0 Å². The average Bonchev–Trinajstić information content (AvgIpc) is 2.42. The fourth-order valence-corrected chi connectivity index (χ4v) is 2.83. The maximum Gasteiger partial charge on any atom is 0.262 e. The van der Waals surface area contributed by atoms with Crippen LogP contribution in [0.3, 0.4) is 0 Å². The Morgan fingerprint density at radius 2 is 1.71 bits per heavy atom. The predicted octanol–water partition coefficient (Wildman–Crippen LogP) is 3.85. The zero-order chi connectivity index (χ0) is 15.8. The van der Waals surface area contributed by atoms with Crippen LogP contribution in [0.4, 0.5) is 0 Å². The van der Waals surface area contributed by atoms with Gasteiger partial charge in [0.1, 0.15) is 5.75 Å². The molecule has 0 bridgehead atoms. The summed E-state index contributed by atoms with van der Waals surface area (Å²) in [7, 11) is 0. The molecular weight excluding hydrogens is 262 g/mol. The molecule has 21 heavy (non-hydrogen) atoms. The van der Waals surface area contributed by atoms with Crippen molar-refractivity contribution in [2.45, 2.75) is 46.6 Å². The summed E-state index contributed by atoms with van der Waals surface area (Å²) in [4.78, 5) is 13.0. The van der Waals surface area contributed by atoms with Gasteiger partial charge >= 0.3 is 0 Å². The molecule has 2 rings (SSSR count). The minimum atomic E-state index is -0.329. The molecule has 0 aliphatic heterocycles. The summed E-state index contributed by atoms with van der Waals surface area (Å²) in [6, 6.07) is 9.36. The molecule has 0 atom stereocenters. The molecule has 0 saturated carbocycles. The van der Waals surface area contributed by atoms with Crippen molar-refractivity contribution in [1.29, 1.82) is 0 Å². The molecule has 0 aliphatic carbocycles. The minimum absolute atomic E-state index is 0.101. The Hall–Kier alpha value is -2.03. The monoisotopic (exact) mass is 285 g/mol. The van der Waals surface area contributed by atoms with Crippen molar-refractivity contribution in [3.05, 3.63) is 51.9 Å². The number of rotatable bonds is 2. The van der Waals surface area contributed by atoms with Crippen LogP contribution in [0, 0.1) is 6.92 Å². The second kappa shape index (κ2) is 5.40. The summed E-state index contributed by atoms with van der Waals surface area (Å²) in [6.45, 7) is 9.92. The lowest BCUT2D eigenvalue weighted by Crippen LogP contribution is -2.37. The van der Waals surface area contributed by atoms with Crippen molar-refractivity contribution in [3.8, 4) is 16.9 Å². The normalized spacial score (nSPS) is 11.7. The zero-order valence-corrected chi connectivity index (χ0v) is 13.4. The second-order valence-corrected chi connectivity index (χ2v) is 6.33. The Morgan fingerprint density at radius 3 is 2.19 bits per heavy atom. The van der Waals surface area contributed by atoms with Crippen molar-refractivity contribution < 1.29 is 5.11 Å². The van der Waals surface area contributed by atoms with Gasteiger partial charge in [-0.15, -0.1) is 0 Å². The molecule has 1 N–H and O–H groups in total. The van der Waals surface area contributed by atoms with E-state index in [4.69, 9.17) is 0 Å². The first kappa shape index (κ1) is 15.4. The molecule has 3 nitrogen and oxygen atoms in total. The lowest BCUT2D eigenvalue weighted by molar-refractivity contribution is 0.366. The fourth-order valence-electron chi connectivity index (χ4n) is 2.83. The van der Waals surface area contributed by atoms with E-state index < -0.39 is 0 Å². The molecule has 0 saturated heterocycles. The van der Waals surface area contributed by atoms with Crippen LogP contribution in [-0.2, 0) is 12.0 Å². The molecule has 3 heteroatoms. The molecule has 0 radical (unpaired) electrons. The van der Waals surface area contributed by atoms with Crippen LogP contribution in [0.1, 0.15) is 39.0 Å². The average molecular weight is 285 g/mol. The van der Waals surface area contributed by atoms with Gasteiger partial charge in [0.05, 0.1) is 5.56 Å². The van der Waals surface area contributed by atoms with Gasteiger partial charge in [-0.2, -0.15) is 0 Å². The minimum Gasteiger partial charge on any atom is -0.507 e.